The molecule has 122 valence electrons. The van der Waals surface area contributed by atoms with Gasteiger partial charge in [-0.15, -0.1) is 0 Å². The highest BCUT2D eigenvalue weighted by Crippen LogP contribution is 2.20. The molecule has 0 spiro atoms. The number of nitrogens with zero attached hydrogens (tertiary/aromatic N) is 2. The normalized spacial score (nSPS) is 15.6. The molecule has 0 atom stereocenters. The van der Waals surface area contributed by atoms with Crippen LogP contribution in [0.25, 0.3) is 0 Å². The van der Waals surface area contributed by atoms with E-state index in [2.05, 4.69) is 46.3 Å². The summed E-state index contributed by atoms with van der Waals surface area (Å²) in [5.41, 5.74) is 2.60. The molecule has 1 aromatic heterocycles. The van der Waals surface area contributed by atoms with E-state index in [1.165, 1.54) is 11.3 Å². The van der Waals surface area contributed by atoms with Gasteiger partial charge in [-0.05, 0) is 30.7 Å². The van der Waals surface area contributed by atoms with Crippen molar-refractivity contribution in [1.82, 2.24) is 10.2 Å². The zero-order valence-corrected chi connectivity index (χ0v) is 13.5. The van der Waals surface area contributed by atoms with Crippen LogP contribution in [0, 0.1) is 6.92 Å². The van der Waals surface area contributed by atoms with E-state index in [1.807, 2.05) is 12.1 Å². The van der Waals surface area contributed by atoms with Crippen molar-refractivity contribution in [2.45, 2.75) is 13.5 Å². The van der Waals surface area contributed by atoms with Gasteiger partial charge in [0.25, 0.3) is 0 Å². The third-order valence-electron chi connectivity index (χ3n) is 4.24. The average molecular weight is 313 g/mol. The molecule has 5 nitrogen and oxygen atoms in total. The summed E-state index contributed by atoms with van der Waals surface area (Å²) >= 11 is 0. The lowest BCUT2D eigenvalue weighted by molar-refractivity contribution is -0.122. The number of para-hydroxylation sites is 1. The van der Waals surface area contributed by atoms with Crippen LogP contribution in [0.5, 0.6) is 0 Å². The van der Waals surface area contributed by atoms with Gasteiger partial charge >= 0.3 is 0 Å². The number of hydrogen-bond donors (Lipinski definition) is 1. The summed E-state index contributed by atoms with van der Waals surface area (Å²) in [5, 5.41) is 2.90. The molecule has 0 bridgehead atoms. The van der Waals surface area contributed by atoms with Gasteiger partial charge in [0.2, 0.25) is 5.91 Å². The minimum Gasteiger partial charge on any atom is -0.467 e. The van der Waals surface area contributed by atoms with E-state index >= 15 is 0 Å². The minimum absolute atomic E-state index is 0.0470. The molecule has 1 fully saturated rings. The fourth-order valence-corrected chi connectivity index (χ4v) is 2.92. The quantitative estimate of drug-likeness (QED) is 0.917. The standard InChI is InChI=1S/C18H23N3O2/c1-15-5-2-3-7-17(15)21-10-8-20(9-11-21)14-18(22)19-13-16-6-4-12-23-16/h2-7,12H,8-11,13-14H2,1H3,(H,19,22). The molecule has 5 heteroatoms. The summed E-state index contributed by atoms with van der Waals surface area (Å²) < 4.78 is 5.21. The maximum atomic E-state index is 12.0. The average Bonchev–Trinajstić information content (AvgIpc) is 3.08. The molecule has 0 unspecified atom stereocenters. The van der Waals surface area contributed by atoms with Crippen molar-refractivity contribution in [3.05, 3.63) is 54.0 Å². The smallest absolute Gasteiger partial charge is 0.234 e. The Hall–Kier alpha value is -2.27. The van der Waals surface area contributed by atoms with Crippen molar-refractivity contribution in [2.24, 2.45) is 0 Å². The molecule has 1 aromatic carbocycles. The molecular weight excluding hydrogens is 290 g/mol. The third kappa shape index (κ3) is 4.13. The first-order chi connectivity index (χ1) is 11.2. The van der Waals surface area contributed by atoms with Crippen LogP contribution in [0.1, 0.15) is 11.3 Å². The molecule has 2 aromatic rings. The summed E-state index contributed by atoms with van der Waals surface area (Å²) in [7, 11) is 0. The summed E-state index contributed by atoms with van der Waals surface area (Å²) in [4.78, 5) is 16.6. The minimum atomic E-state index is 0.0470. The van der Waals surface area contributed by atoms with Crippen LogP contribution in [-0.2, 0) is 11.3 Å². The second-order valence-corrected chi connectivity index (χ2v) is 5.91. The number of hydrogen-bond acceptors (Lipinski definition) is 4. The van der Waals surface area contributed by atoms with Gasteiger partial charge in [-0.3, -0.25) is 9.69 Å². The molecule has 1 saturated heterocycles. The SMILES string of the molecule is Cc1ccccc1N1CCN(CC(=O)NCc2ccco2)CC1. The first-order valence-corrected chi connectivity index (χ1v) is 8.04. The van der Waals surface area contributed by atoms with Crippen molar-refractivity contribution >= 4 is 11.6 Å². The highest BCUT2D eigenvalue weighted by Gasteiger charge is 2.19. The van der Waals surface area contributed by atoms with Crippen LogP contribution in [0.2, 0.25) is 0 Å². The zero-order valence-electron chi connectivity index (χ0n) is 13.5. The Morgan fingerprint density at radius 2 is 1.91 bits per heavy atom. The summed E-state index contributed by atoms with van der Waals surface area (Å²) in [6, 6.07) is 12.1. The van der Waals surface area contributed by atoms with Crippen molar-refractivity contribution in [3.63, 3.8) is 0 Å². The highest BCUT2D eigenvalue weighted by molar-refractivity contribution is 5.78. The Balaban J connectivity index is 1.44. The fourth-order valence-electron chi connectivity index (χ4n) is 2.92. The van der Waals surface area contributed by atoms with E-state index in [0.717, 1.165) is 31.9 Å². The predicted molar refractivity (Wildman–Crippen MR) is 90.4 cm³/mol. The number of carbonyl (C=O) groups excluding carboxylic acids is 1. The second-order valence-electron chi connectivity index (χ2n) is 5.91. The number of rotatable bonds is 5. The molecule has 1 aliphatic rings. The molecule has 23 heavy (non-hydrogen) atoms. The maximum absolute atomic E-state index is 12.0. The van der Waals surface area contributed by atoms with Gasteiger partial charge in [0, 0.05) is 31.9 Å². The van der Waals surface area contributed by atoms with Gasteiger partial charge < -0.3 is 14.6 Å². The Morgan fingerprint density at radius 1 is 1.13 bits per heavy atom. The van der Waals surface area contributed by atoms with E-state index in [9.17, 15) is 4.79 Å². The second kappa shape index (κ2) is 7.33. The van der Waals surface area contributed by atoms with Crippen LogP contribution in [0.3, 0.4) is 0 Å². The van der Waals surface area contributed by atoms with E-state index < -0.39 is 0 Å². The van der Waals surface area contributed by atoms with Crippen LogP contribution in [-0.4, -0.2) is 43.5 Å². The van der Waals surface area contributed by atoms with Crippen molar-refractivity contribution in [1.29, 1.82) is 0 Å². The van der Waals surface area contributed by atoms with Gasteiger partial charge in [-0.1, -0.05) is 18.2 Å². The van der Waals surface area contributed by atoms with Crippen LogP contribution >= 0.6 is 0 Å². The first-order valence-electron chi connectivity index (χ1n) is 8.04. The van der Waals surface area contributed by atoms with E-state index in [0.29, 0.717) is 13.1 Å². The lowest BCUT2D eigenvalue weighted by Crippen LogP contribution is -2.49. The topological polar surface area (TPSA) is 48.7 Å². The molecular formula is C18H23N3O2. The molecule has 1 amide bonds. The Kier molecular flexibility index (Phi) is 4.98. The molecule has 1 N–H and O–H groups in total. The van der Waals surface area contributed by atoms with Gasteiger partial charge in [0.15, 0.2) is 0 Å². The molecule has 1 aliphatic heterocycles. The summed E-state index contributed by atoms with van der Waals surface area (Å²) in [6.45, 7) is 6.76. The molecule has 2 heterocycles. The number of piperazine rings is 1. The number of nitrogens with one attached hydrogen (secondary N) is 1. The van der Waals surface area contributed by atoms with Crippen LogP contribution < -0.4 is 10.2 Å². The van der Waals surface area contributed by atoms with Crippen molar-refractivity contribution < 1.29 is 9.21 Å². The van der Waals surface area contributed by atoms with E-state index in [4.69, 9.17) is 4.42 Å². The predicted octanol–water partition coefficient (Wildman–Crippen LogP) is 2.03. The fraction of sp³-hybridized carbons (Fsp3) is 0.389. The van der Waals surface area contributed by atoms with Crippen LogP contribution in [0.15, 0.2) is 47.1 Å². The number of furan rings is 1. The van der Waals surface area contributed by atoms with Gasteiger partial charge in [0.1, 0.15) is 5.76 Å². The summed E-state index contributed by atoms with van der Waals surface area (Å²) in [5.74, 6) is 0.827. The number of benzene rings is 1. The lowest BCUT2D eigenvalue weighted by atomic mass is 10.1. The third-order valence-corrected chi connectivity index (χ3v) is 4.24. The largest absolute Gasteiger partial charge is 0.467 e. The monoisotopic (exact) mass is 313 g/mol. The van der Waals surface area contributed by atoms with Crippen LogP contribution in [0.4, 0.5) is 5.69 Å². The lowest BCUT2D eigenvalue weighted by Gasteiger charge is -2.36. The maximum Gasteiger partial charge on any atom is 0.234 e. The Labute approximate surface area is 136 Å². The van der Waals surface area contributed by atoms with Crippen molar-refractivity contribution in [3.8, 4) is 0 Å². The highest BCUT2D eigenvalue weighted by atomic mass is 16.3. The number of aryl methyl sites for hydroxylation is 1. The molecule has 0 saturated carbocycles. The Morgan fingerprint density at radius 3 is 2.61 bits per heavy atom. The van der Waals surface area contributed by atoms with E-state index in [-0.39, 0.29) is 5.91 Å². The summed E-state index contributed by atoms with van der Waals surface area (Å²) in [6.07, 6.45) is 1.62. The molecule has 3 rings (SSSR count). The first kappa shape index (κ1) is 15.6. The van der Waals surface area contributed by atoms with Crippen molar-refractivity contribution in [2.75, 3.05) is 37.6 Å². The van der Waals surface area contributed by atoms with Gasteiger partial charge in [0.05, 0.1) is 19.4 Å². The molecule has 0 radical (unpaired) electrons. The number of anilines is 1. The van der Waals surface area contributed by atoms with Gasteiger partial charge in [-0.2, -0.15) is 0 Å². The Bertz CT molecular complexity index is 631. The molecule has 0 aliphatic carbocycles. The zero-order chi connectivity index (χ0) is 16.1. The number of carbonyl (C=O) groups is 1. The number of amides is 1. The van der Waals surface area contributed by atoms with Gasteiger partial charge in [-0.25, -0.2) is 0 Å². The van der Waals surface area contributed by atoms with E-state index in [1.54, 1.807) is 6.26 Å².